The van der Waals surface area contributed by atoms with Crippen LogP contribution in [0.2, 0.25) is 0 Å². The summed E-state index contributed by atoms with van der Waals surface area (Å²) in [6.45, 7) is 2.16. The predicted octanol–water partition coefficient (Wildman–Crippen LogP) is 2.77. The van der Waals surface area contributed by atoms with Crippen molar-refractivity contribution >= 4 is 11.7 Å². The molecule has 1 amide bonds. The quantitative estimate of drug-likeness (QED) is 0.716. The van der Waals surface area contributed by atoms with Crippen LogP contribution in [0.25, 0.3) is 0 Å². The minimum absolute atomic E-state index is 0.00109. The summed E-state index contributed by atoms with van der Waals surface area (Å²) in [5, 5.41) is 2.91. The number of amides is 1. The highest BCUT2D eigenvalue weighted by atomic mass is 16.2. The lowest BCUT2D eigenvalue weighted by Crippen LogP contribution is -2.35. The van der Waals surface area contributed by atoms with Gasteiger partial charge in [-0.15, -0.1) is 0 Å². The molecule has 0 radical (unpaired) electrons. The lowest BCUT2D eigenvalue weighted by molar-refractivity contribution is -0.133. The van der Waals surface area contributed by atoms with Gasteiger partial charge in [-0.2, -0.15) is 0 Å². The molecule has 0 aromatic carbocycles. The minimum Gasteiger partial charge on any atom is -0.355 e. The molecule has 1 N–H and O–H groups in total. The molecule has 0 bridgehead atoms. The summed E-state index contributed by atoms with van der Waals surface area (Å²) < 4.78 is 0. The Labute approximate surface area is 115 Å². The highest BCUT2D eigenvalue weighted by molar-refractivity contribution is 6.00. The first-order chi connectivity index (χ1) is 9.16. The molecule has 2 aliphatic rings. The zero-order chi connectivity index (χ0) is 13.7. The third kappa shape index (κ3) is 4.66. The van der Waals surface area contributed by atoms with Crippen LogP contribution in [-0.2, 0) is 9.59 Å². The molecule has 2 rings (SSSR count). The maximum atomic E-state index is 12.0. The van der Waals surface area contributed by atoms with Gasteiger partial charge in [0.05, 0.1) is 5.92 Å². The first kappa shape index (κ1) is 14.0. The van der Waals surface area contributed by atoms with E-state index in [1.807, 2.05) is 0 Å². The van der Waals surface area contributed by atoms with Gasteiger partial charge in [0.1, 0.15) is 5.78 Å². The summed E-state index contributed by atoms with van der Waals surface area (Å²) in [4.78, 5) is 23.6. The Morgan fingerprint density at radius 3 is 2.74 bits per heavy atom. The van der Waals surface area contributed by atoms with Gasteiger partial charge in [0.15, 0.2) is 0 Å². The lowest BCUT2D eigenvalue weighted by Gasteiger charge is -2.14. The summed E-state index contributed by atoms with van der Waals surface area (Å²) in [6.07, 6.45) is 12.7. The number of hydrogen-bond acceptors (Lipinski definition) is 2. The van der Waals surface area contributed by atoms with Gasteiger partial charge in [0, 0.05) is 6.54 Å². The number of Topliss-reactive ketones (excluding diaryl/α,β-unsaturated/α-hetero) is 1. The molecule has 0 spiro atoms. The van der Waals surface area contributed by atoms with E-state index in [1.54, 1.807) is 0 Å². The standard InChI is InChI=1S/C16H23NO2/c1-12(18)15(11-14-7-8-14)16(19)17-10-9-13-5-3-2-4-6-13/h3,5-6,14-15H,2,4,7-11H2,1H3,(H,17,19). The maximum absolute atomic E-state index is 12.0. The zero-order valence-corrected chi connectivity index (χ0v) is 11.7. The number of carbonyl (C=O) groups excluding carboxylic acids is 2. The van der Waals surface area contributed by atoms with E-state index in [2.05, 4.69) is 23.5 Å². The number of rotatable bonds is 7. The van der Waals surface area contributed by atoms with Gasteiger partial charge in [-0.1, -0.05) is 36.6 Å². The van der Waals surface area contributed by atoms with E-state index in [0.29, 0.717) is 12.5 Å². The van der Waals surface area contributed by atoms with Crippen LogP contribution in [0.4, 0.5) is 0 Å². The van der Waals surface area contributed by atoms with Crippen LogP contribution < -0.4 is 5.32 Å². The molecule has 0 heterocycles. The Bertz CT molecular complexity index is 405. The summed E-state index contributed by atoms with van der Waals surface area (Å²) in [5.74, 6) is 0.0907. The molecule has 0 aromatic rings. The minimum atomic E-state index is -0.427. The van der Waals surface area contributed by atoms with Gasteiger partial charge in [-0.05, 0) is 38.5 Å². The van der Waals surface area contributed by atoms with Crippen LogP contribution >= 0.6 is 0 Å². The fourth-order valence-electron chi connectivity index (χ4n) is 2.45. The Hall–Kier alpha value is -1.38. The van der Waals surface area contributed by atoms with Gasteiger partial charge in [-0.3, -0.25) is 9.59 Å². The van der Waals surface area contributed by atoms with Gasteiger partial charge in [0.2, 0.25) is 5.91 Å². The molecule has 2 aliphatic carbocycles. The summed E-state index contributed by atoms with van der Waals surface area (Å²) in [5.41, 5.74) is 1.29. The molecule has 3 nitrogen and oxygen atoms in total. The average Bonchev–Trinajstić information content (AvgIpc) is 3.20. The highest BCUT2D eigenvalue weighted by Gasteiger charge is 2.31. The number of hydrogen-bond donors (Lipinski definition) is 1. The van der Waals surface area contributed by atoms with Crippen molar-refractivity contribution in [2.24, 2.45) is 11.8 Å². The molecular formula is C16H23NO2. The largest absolute Gasteiger partial charge is 0.355 e. The SMILES string of the molecule is CC(=O)C(CC1CC1)C(=O)NCCC1=CCCC=C1. The van der Waals surface area contributed by atoms with Crippen molar-refractivity contribution in [3.8, 4) is 0 Å². The van der Waals surface area contributed by atoms with Crippen LogP contribution in [-0.4, -0.2) is 18.2 Å². The monoisotopic (exact) mass is 261 g/mol. The number of allylic oxidation sites excluding steroid dienone is 3. The van der Waals surface area contributed by atoms with Gasteiger partial charge in [-0.25, -0.2) is 0 Å². The molecule has 1 fully saturated rings. The van der Waals surface area contributed by atoms with Crippen molar-refractivity contribution in [2.75, 3.05) is 6.54 Å². The zero-order valence-electron chi connectivity index (χ0n) is 11.7. The van der Waals surface area contributed by atoms with E-state index in [1.165, 1.54) is 25.3 Å². The first-order valence-electron chi connectivity index (χ1n) is 7.30. The van der Waals surface area contributed by atoms with Crippen molar-refractivity contribution in [3.63, 3.8) is 0 Å². The molecule has 3 heteroatoms. The molecule has 0 saturated heterocycles. The second-order valence-electron chi connectivity index (χ2n) is 5.64. The number of ketones is 1. The van der Waals surface area contributed by atoms with Crippen LogP contribution in [0.15, 0.2) is 23.8 Å². The molecule has 104 valence electrons. The second kappa shape index (κ2) is 6.69. The second-order valence-corrected chi connectivity index (χ2v) is 5.64. The third-order valence-corrected chi connectivity index (χ3v) is 3.86. The Morgan fingerprint density at radius 1 is 1.37 bits per heavy atom. The molecule has 1 saturated carbocycles. The number of nitrogens with one attached hydrogen (secondary N) is 1. The summed E-state index contributed by atoms with van der Waals surface area (Å²) >= 11 is 0. The first-order valence-corrected chi connectivity index (χ1v) is 7.30. The van der Waals surface area contributed by atoms with Gasteiger partial charge < -0.3 is 5.32 Å². The highest BCUT2D eigenvalue weighted by Crippen LogP contribution is 2.35. The topological polar surface area (TPSA) is 46.2 Å². The Morgan fingerprint density at radius 2 is 2.16 bits per heavy atom. The molecule has 1 atom stereocenters. The molecule has 0 aliphatic heterocycles. The molecule has 1 unspecified atom stereocenters. The Balaban J connectivity index is 1.73. The fourth-order valence-corrected chi connectivity index (χ4v) is 2.45. The molecule has 0 aromatic heterocycles. The third-order valence-electron chi connectivity index (χ3n) is 3.86. The summed E-state index contributed by atoms with van der Waals surface area (Å²) in [6, 6.07) is 0. The van der Waals surface area contributed by atoms with Crippen molar-refractivity contribution < 1.29 is 9.59 Å². The van der Waals surface area contributed by atoms with E-state index in [9.17, 15) is 9.59 Å². The van der Waals surface area contributed by atoms with Crippen molar-refractivity contribution in [3.05, 3.63) is 23.8 Å². The van der Waals surface area contributed by atoms with E-state index in [4.69, 9.17) is 0 Å². The van der Waals surface area contributed by atoms with E-state index < -0.39 is 5.92 Å². The fraction of sp³-hybridized carbons (Fsp3) is 0.625. The Kier molecular flexibility index (Phi) is 4.94. The van der Waals surface area contributed by atoms with E-state index >= 15 is 0 Å². The van der Waals surface area contributed by atoms with Gasteiger partial charge in [0.25, 0.3) is 0 Å². The number of carbonyl (C=O) groups is 2. The average molecular weight is 261 g/mol. The van der Waals surface area contributed by atoms with Crippen molar-refractivity contribution in [1.82, 2.24) is 5.32 Å². The van der Waals surface area contributed by atoms with Gasteiger partial charge >= 0.3 is 0 Å². The van der Waals surface area contributed by atoms with E-state index in [-0.39, 0.29) is 11.7 Å². The van der Waals surface area contributed by atoms with Crippen LogP contribution in [0.1, 0.15) is 45.4 Å². The normalized spacial score (nSPS) is 19.7. The molecular weight excluding hydrogens is 238 g/mol. The lowest BCUT2D eigenvalue weighted by atomic mass is 9.97. The van der Waals surface area contributed by atoms with E-state index in [0.717, 1.165) is 25.7 Å². The summed E-state index contributed by atoms with van der Waals surface area (Å²) in [7, 11) is 0. The maximum Gasteiger partial charge on any atom is 0.230 e. The van der Waals surface area contributed by atoms with Crippen LogP contribution in [0.5, 0.6) is 0 Å². The van der Waals surface area contributed by atoms with Crippen molar-refractivity contribution in [1.29, 1.82) is 0 Å². The molecule has 19 heavy (non-hydrogen) atoms. The predicted molar refractivity (Wildman–Crippen MR) is 75.6 cm³/mol. The van der Waals surface area contributed by atoms with Crippen molar-refractivity contribution in [2.45, 2.75) is 45.4 Å². The van der Waals surface area contributed by atoms with Crippen LogP contribution in [0, 0.1) is 11.8 Å². The van der Waals surface area contributed by atoms with Crippen LogP contribution in [0.3, 0.4) is 0 Å². The smallest absolute Gasteiger partial charge is 0.230 e.